The van der Waals surface area contributed by atoms with E-state index >= 15 is 0 Å². The molecule has 0 saturated heterocycles. The molecule has 0 heterocycles. The van der Waals surface area contributed by atoms with Gasteiger partial charge in [0.1, 0.15) is 0 Å². The van der Waals surface area contributed by atoms with Crippen molar-refractivity contribution in [3.8, 4) is 0 Å². The Morgan fingerprint density at radius 1 is 0.810 bits per heavy atom. The van der Waals surface area contributed by atoms with E-state index < -0.39 is 0 Å². The monoisotopic (exact) mass is 279 g/mol. The van der Waals surface area contributed by atoms with Crippen LogP contribution in [0.5, 0.6) is 0 Å². The van der Waals surface area contributed by atoms with Crippen molar-refractivity contribution in [1.82, 2.24) is 5.32 Å². The molecule has 2 aromatic carbocycles. The Labute approximate surface area is 128 Å². The van der Waals surface area contributed by atoms with Crippen LogP contribution in [0, 0.1) is 11.8 Å². The first-order valence-electron chi connectivity index (χ1n) is 8.11. The molecule has 2 atom stereocenters. The average Bonchev–Trinajstić information content (AvgIpc) is 3.34. The van der Waals surface area contributed by atoms with Crippen LogP contribution in [0.1, 0.15) is 49.9 Å². The summed E-state index contributed by atoms with van der Waals surface area (Å²) in [5.41, 5.74) is 2.83. The van der Waals surface area contributed by atoms with Crippen LogP contribution in [0.15, 0.2) is 60.7 Å². The van der Waals surface area contributed by atoms with Gasteiger partial charge >= 0.3 is 0 Å². The first-order chi connectivity index (χ1) is 10.3. The quantitative estimate of drug-likeness (QED) is 0.773. The zero-order valence-electron chi connectivity index (χ0n) is 13.0. The third-order valence-electron chi connectivity index (χ3n) is 4.44. The first kappa shape index (κ1) is 14.3. The van der Waals surface area contributed by atoms with E-state index in [1.165, 1.54) is 24.0 Å². The summed E-state index contributed by atoms with van der Waals surface area (Å²) in [4.78, 5) is 0. The molecule has 21 heavy (non-hydrogen) atoms. The fourth-order valence-electron chi connectivity index (χ4n) is 3.12. The molecule has 110 valence electrons. The highest BCUT2D eigenvalue weighted by Crippen LogP contribution is 2.42. The lowest BCUT2D eigenvalue weighted by molar-refractivity contribution is 0.342. The Bertz CT molecular complexity index is 499. The topological polar surface area (TPSA) is 12.0 Å². The molecule has 0 spiro atoms. The normalized spacial score (nSPS) is 17.7. The summed E-state index contributed by atoms with van der Waals surface area (Å²) >= 11 is 0. The highest BCUT2D eigenvalue weighted by molar-refractivity contribution is 5.24. The molecule has 1 saturated carbocycles. The van der Waals surface area contributed by atoms with Crippen molar-refractivity contribution in [3.05, 3.63) is 71.8 Å². The van der Waals surface area contributed by atoms with Crippen LogP contribution in [-0.4, -0.2) is 0 Å². The highest BCUT2D eigenvalue weighted by atomic mass is 15.0. The Kier molecular flexibility index (Phi) is 4.40. The van der Waals surface area contributed by atoms with E-state index in [-0.39, 0.29) is 0 Å². The maximum Gasteiger partial charge on any atom is 0.0354 e. The van der Waals surface area contributed by atoms with Gasteiger partial charge in [0.15, 0.2) is 0 Å². The van der Waals surface area contributed by atoms with Crippen molar-refractivity contribution < 1.29 is 0 Å². The summed E-state index contributed by atoms with van der Waals surface area (Å²) in [6, 6.07) is 22.7. The van der Waals surface area contributed by atoms with E-state index in [2.05, 4.69) is 79.8 Å². The van der Waals surface area contributed by atoms with Gasteiger partial charge in [0.25, 0.3) is 0 Å². The van der Waals surface area contributed by atoms with Crippen molar-refractivity contribution in [2.45, 2.75) is 38.8 Å². The summed E-state index contributed by atoms with van der Waals surface area (Å²) < 4.78 is 0. The smallest absolute Gasteiger partial charge is 0.0354 e. The van der Waals surface area contributed by atoms with E-state index in [1.807, 2.05) is 0 Å². The summed E-state index contributed by atoms with van der Waals surface area (Å²) in [6.45, 7) is 4.61. The molecule has 1 aliphatic rings. The van der Waals surface area contributed by atoms with Gasteiger partial charge in [0.2, 0.25) is 0 Å². The van der Waals surface area contributed by atoms with Crippen LogP contribution < -0.4 is 5.32 Å². The van der Waals surface area contributed by atoms with E-state index in [4.69, 9.17) is 0 Å². The summed E-state index contributed by atoms with van der Waals surface area (Å²) in [7, 11) is 0. The number of hydrogen-bond donors (Lipinski definition) is 1. The van der Waals surface area contributed by atoms with Gasteiger partial charge in [-0.05, 0) is 35.8 Å². The molecule has 2 unspecified atom stereocenters. The molecule has 0 amide bonds. The lowest BCUT2D eigenvalue weighted by Crippen LogP contribution is -2.31. The molecular formula is C20H25N. The molecule has 3 rings (SSSR count). The summed E-state index contributed by atoms with van der Waals surface area (Å²) in [6.07, 6.45) is 2.71. The van der Waals surface area contributed by atoms with Crippen molar-refractivity contribution in [1.29, 1.82) is 0 Å². The van der Waals surface area contributed by atoms with Crippen LogP contribution in [0.4, 0.5) is 0 Å². The van der Waals surface area contributed by atoms with Crippen LogP contribution in [-0.2, 0) is 0 Å². The molecule has 1 aliphatic carbocycles. The predicted molar refractivity (Wildman–Crippen MR) is 89.1 cm³/mol. The van der Waals surface area contributed by atoms with Crippen LogP contribution >= 0.6 is 0 Å². The molecule has 0 aromatic heterocycles. The minimum atomic E-state index is 0.414. The standard InChI is InChI=1S/C20H25N/c1-15(2)19(16-9-5-3-6-10-16)21-20(18-13-14-18)17-11-7-4-8-12-17/h3-12,15,18-21H,13-14H2,1-2H3. The number of benzene rings is 2. The molecule has 1 nitrogen and oxygen atoms in total. The number of rotatable bonds is 6. The molecule has 1 heteroatoms. The molecule has 0 bridgehead atoms. The van der Waals surface area contributed by atoms with Gasteiger partial charge in [-0.2, -0.15) is 0 Å². The van der Waals surface area contributed by atoms with Gasteiger partial charge in [-0.15, -0.1) is 0 Å². The maximum absolute atomic E-state index is 3.95. The second-order valence-electron chi connectivity index (χ2n) is 6.52. The molecule has 2 aromatic rings. The molecule has 1 N–H and O–H groups in total. The third-order valence-corrected chi connectivity index (χ3v) is 4.44. The lowest BCUT2D eigenvalue weighted by Gasteiger charge is -2.29. The van der Waals surface area contributed by atoms with Gasteiger partial charge in [0.05, 0.1) is 0 Å². The van der Waals surface area contributed by atoms with E-state index in [1.54, 1.807) is 0 Å². The molecular weight excluding hydrogens is 254 g/mol. The Morgan fingerprint density at radius 2 is 1.33 bits per heavy atom. The number of nitrogens with one attached hydrogen (secondary N) is 1. The predicted octanol–water partition coefficient (Wildman–Crippen LogP) is 5.12. The Hall–Kier alpha value is -1.60. The van der Waals surface area contributed by atoms with Gasteiger partial charge in [-0.3, -0.25) is 0 Å². The molecule has 0 aliphatic heterocycles. The zero-order chi connectivity index (χ0) is 14.7. The first-order valence-corrected chi connectivity index (χ1v) is 8.11. The maximum atomic E-state index is 3.95. The highest BCUT2D eigenvalue weighted by Gasteiger charge is 2.34. The molecule has 0 radical (unpaired) electrons. The Morgan fingerprint density at radius 3 is 1.81 bits per heavy atom. The van der Waals surface area contributed by atoms with Gasteiger partial charge in [0, 0.05) is 12.1 Å². The lowest BCUT2D eigenvalue weighted by atomic mass is 9.93. The number of hydrogen-bond acceptors (Lipinski definition) is 1. The Balaban J connectivity index is 1.83. The summed E-state index contributed by atoms with van der Waals surface area (Å²) in [5, 5.41) is 3.95. The van der Waals surface area contributed by atoms with Crippen molar-refractivity contribution >= 4 is 0 Å². The van der Waals surface area contributed by atoms with Gasteiger partial charge in [-0.25, -0.2) is 0 Å². The van der Waals surface area contributed by atoms with Gasteiger partial charge < -0.3 is 5.32 Å². The van der Waals surface area contributed by atoms with Crippen LogP contribution in [0.25, 0.3) is 0 Å². The third kappa shape index (κ3) is 3.54. The minimum Gasteiger partial charge on any atom is -0.303 e. The van der Waals surface area contributed by atoms with E-state index in [9.17, 15) is 0 Å². The second-order valence-corrected chi connectivity index (χ2v) is 6.52. The summed E-state index contributed by atoms with van der Waals surface area (Å²) in [5.74, 6) is 1.38. The van der Waals surface area contributed by atoms with E-state index in [0.717, 1.165) is 5.92 Å². The average molecular weight is 279 g/mol. The minimum absolute atomic E-state index is 0.414. The van der Waals surface area contributed by atoms with E-state index in [0.29, 0.717) is 18.0 Å². The SMILES string of the molecule is CC(C)C(NC(c1ccccc1)C1CC1)c1ccccc1. The molecule has 1 fully saturated rings. The largest absolute Gasteiger partial charge is 0.303 e. The van der Waals surface area contributed by atoms with Crippen LogP contribution in [0.3, 0.4) is 0 Å². The fourth-order valence-corrected chi connectivity index (χ4v) is 3.12. The van der Waals surface area contributed by atoms with Crippen molar-refractivity contribution in [2.75, 3.05) is 0 Å². The van der Waals surface area contributed by atoms with Gasteiger partial charge in [-0.1, -0.05) is 74.5 Å². The van der Waals surface area contributed by atoms with Crippen LogP contribution in [0.2, 0.25) is 0 Å². The second kappa shape index (κ2) is 6.44. The van der Waals surface area contributed by atoms with Crippen molar-refractivity contribution in [2.24, 2.45) is 11.8 Å². The van der Waals surface area contributed by atoms with Crippen molar-refractivity contribution in [3.63, 3.8) is 0 Å². The fraction of sp³-hybridized carbons (Fsp3) is 0.400. The zero-order valence-corrected chi connectivity index (χ0v) is 13.0.